The van der Waals surface area contributed by atoms with Gasteiger partial charge in [0.15, 0.2) is 0 Å². The van der Waals surface area contributed by atoms with Crippen LogP contribution in [0.5, 0.6) is 0 Å². The Morgan fingerprint density at radius 1 is 1.36 bits per heavy atom. The first-order chi connectivity index (χ1) is 10.5. The van der Waals surface area contributed by atoms with Crippen LogP contribution in [0.1, 0.15) is 42.5 Å². The summed E-state index contributed by atoms with van der Waals surface area (Å²) in [6.45, 7) is 2.99. The first-order valence-corrected chi connectivity index (χ1v) is 7.70. The quantitative estimate of drug-likeness (QED) is 0.835. The molecule has 0 aliphatic carbocycles. The van der Waals surface area contributed by atoms with Gasteiger partial charge in [-0.3, -0.25) is 9.36 Å². The van der Waals surface area contributed by atoms with Gasteiger partial charge in [0.25, 0.3) is 5.91 Å². The summed E-state index contributed by atoms with van der Waals surface area (Å²) in [5.41, 5.74) is 0.484. The molecule has 4 nitrogen and oxygen atoms in total. The zero-order chi connectivity index (χ0) is 16.3. The molecule has 2 rings (SSSR count). The summed E-state index contributed by atoms with van der Waals surface area (Å²) in [5.74, 6) is 0.674. The van der Waals surface area contributed by atoms with E-state index in [1.54, 1.807) is 25.0 Å². The fraction of sp³-hybridized carbons (Fsp3) is 0.688. The summed E-state index contributed by atoms with van der Waals surface area (Å²) in [4.78, 5) is 14.2. The van der Waals surface area contributed by atoms with E-state index in [0.29, 0.717) is 37.2 Å². The topological polar surface area (TPSA) is 34.5 Å². The highest BCUT2D eigenvalue weighted by Crippen LogP contribution is 2.27. The number of likely N-dealkylation sites (tertiary alicyclic amines) is 1. The highest BCUT2D eigenvalue weighted by molar-refractivity contribution is 5.93. The molecule has 0 bridgehead atoms. The molecular formula is C16H24F2N2O2. The van der Waals surface area contributed by atoms with Gasteiger partial charge in [0, 0.05) is 32.5 Å². The van der Waals surface area contributed by atoms with Crippen LogP contribution in [0.2, 0.25) is 0 Å². The number of rotatable bonds is 5. The second-order valence-corrected chi connectivity index (χ2v) is 6.07. The van der Waals surface area contributed by atoms with Gasteiger partial charge in [-0.05, 0) is 43.7 Å². The molecule has 2 heterocycles. The number of carbonyl (C=O) groups is 1. The Kier molecular flexibility index (Phi) is 5.56. The first kappa shape index (κ1) is 16.9. The number of methoxy groups -OCH3 is 1. The minimum absolute atomic E-state index is 0.0795. The number of ether oxygens (including phenoxy) is 1. The van der Waals surface area contributed by atoms with E-state index in [1.165, 1.54) is 6.07 Å². The zero-order valence-electron chi connectivity index (χ0n) is 13.4. The lowest BCUT2D eigenvalue weighted by molar-refractivity contribution is 0.0479. The Morgan fingerprint density at radius 3 is 2.55 bits per heavy atom. The second-order valence-electron chi connectivity index (χ2n) is 6.07. The summed E-state index contributed by atoms with van der Waals surface area (Å²) in [7, 11) is 1.69. The number of aryl methyl sites for hydroxylation is 1. The molecule has 1 aromatic heterocycles. The number of hydrogen-bond donors (Lipinski definition) is 0. The number of halogens is 2. The van der Waals surface area contributed by atoms with Crippen LogP contribution in [0.4, 0.5) is 8.78 Å². The van der Waals surface area contributed by atoms with Gasteiger partial charge >= 0.3 is 6.55 Å². The first-order valence-electron chi connectivity index (χ1n) is 7.70. The maximum atomic E-state index is 13.1. The van der Waals surface area contributed by atoms with E-state index < -0.39 is 6.55 Å². The smallest absolute Gasteiger partial charge is 0.319 e. The van der Waals surface area contributed by atoms with Crippen molar-refractivity contribution in [1.29, 1.82) is 0 Å². The molecule has 1 amide bonds. The second kappa shape index (κ2) is 7.22. The van der Waals surface area contributed by atoms with Gasteiger partial charge in [-0.25, -0.2) is 0 Å². The molecule has 6 heteroatoms. The van der Waals surface area contributed by atoms with E-state index in [4.69, 9.17) is 4.74 Å². The molecule has 1 aliphatic rings. The number of nitrogens with zero attached hydrogens (tertiary/aromatic N) is 2. The van der Waals surface area contributed by atoms with Crippen molar-refractivity contribution in [2.75, 3.05) is 26.8 Å². The summed E-state index contributed by atoms with van der Waals surface area (Å²) in [5, 5.41) is 0. The van der Waals surface area contributed by atoms with Crippen LogP contribution in [0.3, 0.4) is 0 Å². The largest absolute Gasteiger partial charge is 0.384 e. The minimum atomic E-state index is -2.69. The predicted octanol–water partition coefficient (Wildman–Crippen LogP) is 3.33. The number of aromatic nitrogens is 1. The summed E-state index contributed by atoms with van der Waals surface area (Å²) < 4.78 is 32.1. The van der Waals surface area contributed by atoms with Gasteiger partial charge < -0.3 is 9.64 Å². The maximum absolute atomic E-state index is 13.1. The average molecular weight is 314 g/mol. The van der Waals surface area contributed by atoms with Crippen LogP contribution in [-0.4, -0.2) is 42.2 Å². The molecule has 1 fully saturated rings. The highest BCUT2D eigenvalue weighted by Gasteiger charge is 2.29. The number of carbonyl (C=O) groups excluding carboxylic acids is 1. The van der Waals surface area contributed by atoms with Crippen LogP contribution in [0, 0.1) is 18.8 Å². The molecule has 1 aliphatic heterocycles. The normalized spacial score (nSPS) is 18.0. The molecular weight excluding hydrogens is 290 g/mol. The Morgan fingerprint density at radius 2 is 2.00 bits per heavy atom. The third-order valence-electron chi connectivity index (χ3n) is 4.60. The van der Waals surface area contributed by atoms with Crippen LogP contribution >= 0.6 is 0 Å². The molecule has 22 heavy (non-hydrogen) atoms. The van der Waals surface area contributed by atoms with E-state index in [2.05, 4.69) is 6.92 Å². The van der Waals surface area contributed by atoms with Crippen molar-refractivity contribution in [3.05, 3.63) is 23.5 Å². The van der Waals surface area contributed by atoms with Gasteiger partial charge in [0.05, 0.1) is 0 Å². The summed E-state index contributed by atoms with van der Waals surface area (Å²) in [6.07, 6.45) is 1.79. The average Bonchev–Trinajstić information content (AvgIpc) is 2.89. The van der Waals surface area contributed by atoms with E-state index in [1.807, 2.05) is 0 Å². The third kappa shape index (κ3) is 3.48. The van der Waals surface area contributed by atoms with E-state index >= 15 is 0 Å². The molecule has 1 atom stereocenters. The van der Waals surface area contributed by atoms with Gasteiger partial charge in [0.1, 0.15) is 5.69 Å². The lowest BCUT2D eigenvalue weighted by Crippen LogP contribution is -2.41. The van der Waals surface area contributed by atoms with Crippen molar-refractivity contribution in [2.24, 2.45) is 11.8 Å². The number of hydrogen-bond acceptors (Lipinski definition) is 2. The van der Waals surface area contributed by atoms with Crippen LogP contribution in [0.25, 0.3) is 0 Å². The predicted molar refractivity (Wildman–Crippen MR) is 80.1 cm³/mol. The van der Waals surface area contributed by atoms with E-state index in [-0.39, 0.29) is 11.6 Å². The number of alkyl halides is 2. The van der Waals surface area contributed by atoms with Crippen molar-refractivity contribution >= 4 is 5.91 Å². The van der Waals surface area contributed by atoms with Crippen molar-refractivity contribution < 1.29 is 18.3 Å². The molecule has 0 radical (unpaired) electrons. The summed E-state index contributed by atoms with van der Waals surface area (Å²) in [6, 6.07) is 3.05. The van der Waals surface area contributed by atoms with Gasteiger partial charge in [0.2, 0.25) is 0 Å². The molecule has 0 saturated carbocycles. The molecule has 0 aromatic carbocycles. The van der Waals surface area contributed by atoms with Crippen molar-refractivity contribution in [1.82, 2.24) is 9.47 Å². The SMILES string of the molecule is COC[C@@H](C)C1CCN(C(=O)c2ccc(C)n2C(F)F)CC1. The van der Waals surface area contributed by atoms with Crippen molar-refractivity contribution in [2.45, 2.75) is 33.2 Å². The Bertz CT molecular complexity index is 508. The standard InChI is InChI=1S/C16H24F2N2O2/c1-11(10-22-3)13-6-8-19(9-7-13)15(21)14-5-4-12(2)20(14)16(17)18/h4-5,11,13,16H,6-10H2,1-3H3/t11-/m1/s1. The molecule has 0 N–H and O–H groups in total. The minimum Gasteiger partial charge on any atom is -0.384 e. The molecule has 124 valence electrons. The van der Waals surface area contributed by atoms with Crippen LogP contribution < -0.4 is 0 Å². The Labute approximate surface area is 130 Å². The molecule has 1 aromatic rings. The van der Waals surface area contributed by atoms with E-state index in [0.717, 1.165) is 17.4 Å². The van der Waals surface area contributed by atoms with Crippen molar-refractivity contribution in [3.8, 4) is 0 Å². The molecule has 0 unspecified atom stereocenters. The number of piperidine rings is 1. The zero-order valence-corrected chi connectivity index (χ0v) is 13.4. The van der Waals surface area contributed by atoms with Crippen LogP contribution in [-0.2, 0) is 4.74 Å². The lowest BCUT2D eigenvalue weighted by Gasteiger charge is -2.34. The van der Waals surface area contributed by atoms with Crippen LogP contribution in [0.15, 0.2) is 12.1 Å². The summed E-state index contributed by atoms with van der Waals surface area (Å²) >= 11 is 0. The van der Waals surface area contributed by atoms with Gasteiger partial charge in [-0.2, -0.15) is 8.78 Å². The van der Waals surface area contributed by atoms with Gasteiger partial charge in [-0.1, -0.05) is 6.92 Å². The van der Waals surface area contributed by atoms with E-state index in [9.17, 15) is 13.6 Å². The third-order valence-corrected chi connectivity index (χ3v) is 4.60. The molecule has 1 saturated heterocycles. The maximum Gasteiger partial charge on any atom is 0.319 e. The fourth-order valence-electron chi connectivity index (χ4n) is 3.22. The van der Waals surface area contributed by atoms with Crippen molar-refractivity contribution in [3.63, 3.8) is 0 Å². The fourth-order valence-corrected chi connectivity index (χ4v) is 3.22. The lowest BCUT2D eigenvalue weighted by atomic mass is 9.86. The Hall–Kier alpha value is -1.43. The highest BCUT2D eigenvalue weighted by atomic mass is 19.3. The van der Waals surface area contributed by atoms with Gasteiger partial charge in [-0.15, -0.1) is 0 Å². The Balaban J connectivity index is 2.01. The molecule has 0 spiro atoms. The monoisotopic (exact) mass is 314 g/mol. The number of amides is 1.